The maximum atomic E-state index is 13.0. The first-order valence-corrected chi connectivity index (χ1v) is 4.64. The van der Waals surface area contributed by atoms with Crippen molar-refractivity contribution in [3.63, 3.8) is 0 Å². The Kier molecular flexibility index (Phi) is 2.54. The van der Waals surface area contributed by atoms with E-state index in [1.165, 1.54) is 18.2 Å². The summed E-state index contributed by atoms with van der Waals surface area (Å²) < 4.78 is 13.0. The second-order valence-electron chi connectivity index (χ2n) is 3.33. The standard InChI is InChI=1S/C11H9FN2O2/c12-6-1-2-10-8(3-6)9(11(15)16)4-7(5-13)14-10/h1-4H,5,13H2,(H,15,16). The first-order chi connectivity index (χ1) is 7.61. The summed E-state index contributed by atoms with van der Waals surface area (Å²) in [6.07, 6.45) is 0. The molecule has 1 heterocycles. The number of nitrogens with two attached hydrogens (primary N) is 1. The lowest BCUT2D eigenvalue weighted by atomic mass is 10.1. The average Bonchev–Trinajstić information content (AvgIpc) is 2.27. The van der Waals surface area contributed by atoms with Crippen molar-refractivity contribution in [1.29, 1.82) is 0 Å². The number of pyridine rings is 1. The van der Waals surface area contributed by atoms with Crippen LogP contribution in [0.5, 0.6) is 0 Å². The summed E-state index contributed by atoms with van der Waals surface area (Å²) in [6, 6.07) is 5.20. The van der Waals surface area contributed by atoms with Crippen molar-refractivity contribution in [2.75, 3.05) is 0 Å². The van der Waals surface area contributed by atoms with E-state index in [0.29, 0.717) is 11.2 Å². The van der Waals surface area contributed by atoms with Crippen LogP contribution in [0, 0.1) is 5.82 Å². The minimum atomic E-state index is -1.12. The zero-order valence-electron chi connectivity index (χ0n) is 8.27. The van der Waals surface area contributed by atoms with Crippen molar-refractivity contribution in [3.05, 3.63) is 41.3 Å². The molecule has 0 aliphatic heterocycles. The number of aromatic carboxylic acids is 1. The normalized spacial score (nSPS) is 10.6. The zero-order valence-corrected chi connectivity index (χ0v) is 8.27. The van der Waals surface area contributed by atoms with Gasteiger partial charge in [0.25, 0.3) is 0 Å². The van der Waals surface area contributed by atoms with Crippen LogP contribution in [0.25, 0.3) is 10.9 Å². The van der Waals surface area contributed by atoms with Gasteiger partial charge in [-0.2, -0.15) is 0 Å². The minimum Gasteiger partial charge on any atom is -0.478 e. The lowest BCUT2D eigenvalue weighted by molar-refractivity contribution is 0.0699. The van der Waals surface area contributed by atoms with Crippen LogP contribution in [-0.4, -0.2) is 16.1 Å². The minimum absolute atomic E-state index is 0.0185. The molecule has 1 aromatic carbocycles. The molecule has 0 atom stereocenters. The summed E-state index contributed by atoms with van der Waals surface area (Å²) in [6.45, 7) is 0.146. The predicted octanol–water partition coefficient (Wildman–Crippen LogP) is 1.53. The fourth-order valence-electron chi connectivity index (χ4n) is 1.53. The number of carboxylic acid groups (broad SMARTS) is 1. The summed E-state index contributed by atoms with van der Waals surface area (Å²) in [7, 11) is 0. The fourth-order valence-corrected chi connectivity index (χ4v) is 1.53. The van der Waals surface area contributed by atoms with Gasteiger partial charge in [-0.25, -0.2) is 9.18 Å². The fraction of sp³-hybridized carbons (Fsp3) is 0.0909. The van der Waals surface area contributed by atoms with Gasteiger partial charge in [0.05, 0.1) is 16.8 Å². The Balaban J connectivity index is 2.82. The monoisotopic (exact) mass is 220 g/mol. The second-order valence-corrected chi connectivity index (χ2v) is 3.33. The molecule has 2 rings (SSSR count). The van der Waals surface area contributed by atoms with Crippen LogP contribution >= 0.6 is 0 Å². The van der Waals surface area contributed by atoms with E-state index in [4.69, 9.17) is 10.8 Å². The van der Waals surface area contributed by atoms with E-state index in [1.54, 1.807) is 0 Å². The third-order valence-electron chi connectivity index (χ3n) is 2.26. The molecule has 0 saturated carbocycles. The molecule has 0 aliphatic rings. The number of benzene rings is 1. The quantitative estimate of drug-likeness (QED) is 0.804. The molecule has 3 N–H and O–H groups in total. The molecule has 16 heavy (non-hydrogen) atoms. The summed E-state index contributed by atoms with van der Waals surface area (Å²) in [5.74, 6) is -1.61. The van der Waals surface area contributed by atoms with Gasteiger partial charge in [-0.05, 0) is 24.3 Å². The lowest BCUT2D eigenvalue weighted by Crippen LogP contribution is -2.05. The van der Waals surface area contributed by atoms with Gasteiger partial charge >= 0.3 is 5.97 Å². The average molecular weight is 220 g/mol. The number of fused-ring (bicyclic) bond motifs is 1. The molecular formula is C11H9FN2O2. The SMILES string of the molecule is NCc1cc(C(=O)O)c2cc(F)ccc2n1. The van der Waals surface area contributed by atoms with Crippen molar-refractivity contribution in [3.8, 4) is 0 Å². The van der Waals surface area contributed by atoms with Gasteiger partial charge in [0.2, 0.25) is 0 Å². The van der Waals surface area contributed by atoms with E-state index in [1.807, 2.05) is 0 Å². The molecular weight excluding hydrogens is 211 g/mol. The van der Waals surface area contributed by atoms with Crippen LogP contribution in [0.3, 0.4) is 0 Å². The summed E-state index contributed by atoms with van der Waals surface area (Å²) in [5.41, 5.74) is 6.33. The van der Waals surface area contributed by atoms with Gasteiger partial charge in [-0.15, -0.1) is 0 Å². The third-order valence-corrected chi connectivity index (χ3v) is 2.26. The number of halogens is 1. The maximum absolute atomic E-state index is 13.0. The summed E-state index contributed by atoms with van der Waals surface area (Å²) in [5, 5.41) is 9.28. The van der Waals surface area contributed by atoms with E-state index in [2.05, 4.69) is 4.98 Å². The molecule has 1 aromatic heterocycles. The Hall–Kier alpha value is -2.01. The highest BCUT2D eigenvalue weighted by atomic mass is 19.1. The van der Waals surface area contributed by atoms with Gasteiger partial charge in [0, 0.05) is 11.9 Å². The second kappa shape index (κ2) is 3.86. The van der Waals surface area contributed by atoms with E-state index < -0.39 is 11.8 Å². The molecule has 2 aromatic rings. The molecule has 0 bridgehead atoms. The van der Waals surface area contributed by atoms with Crippen molar-refractivity contribution in [2.24, 2.45) is 5.73 Å². The molecule has 82 valence electrons. The molecule has 0 spiro atoms. The molecule has 0 amide bonds. The first kappa shape index (κ1) is 10.5. The van der Waals surface area contributed by atoms with Crippen molar-refractivity contribution < 1.29 is 14.3 Å². The highest BCUT2D eigenvalue weighted by molar-refractivity contribution is 6.02. The predicted molar refractivity (Wildman–Crippen MR) is 56.6 cm³/mol. The number of carboxylic acids is 1. The molecule has 0 unspecified atom stereocenters. The van der Waals surface area contributed by atoms with E-state index in [-0.39, 0.29) is 17.5 Å². The first-order valence-electron chi connectivity index (χ1n) is 4.64. The van der Waals surface area contributed by atoms with Gasteiger partial charge < -0.3 is 10.8 Å². The molecule has 4 nitrogen and oxygen atoms in total. The number of hydrogen-bond donors (Lipinski definition) is 2. The largest absolute Gasteiger partial charge is 0.478 e. The van der Waals surface area contributed by atoms with Crippen LogP contribution in [-0.2, 0) is 6.54 Å². The topological polar surface area (TPSA) is 76.2 Å². The van der Waals surface area contributed by atoms with Crippen LogP contribution in [0.1, 0.15) is 16.1 Å². The lowest BCUT2D eigenvalue weighted by Gasteiger charge is -2.05. The van der Waals surface area contributed by atoms with Crippen molar-refractivity contribution >= 4 is 16.9 Å². The van der Waals surface area contributed by atoms with Gasteiger partial charge in [0.15, 0.2) is 0 Å². The number of rotatable bonds is 2. The van der Waals surface area contributed by atoms with Crippen LogP contribution < -0.4 is 5.73 Å². The Morgan fingerprint density at radius 3 is 2.81 bits per heavy atom. The van der Waals surface area contributed by atoms with Crippen molar-refractivity contribution in [2.45, 2.75) is 6.54 Å². The number of carbonyl (C=O) groups is 1. The molecule has 0 saturated heterocycles. The maximum Gasteiger partial charge on any atom is 0.336 e. The summed E-state index contributed by atoms with van der Waals surface area (Å²) >= 11 is 0. The van der Waals surface area contributed by atoms with Crippen molar-refractivity contribution in [1.82, 2.24) is 4.98 Å². The van der Waals surface area contributed by atoms with Crippen LogP contribution in [0.2, 0.25) is 0 Å². The van der Waals surface area contributed by atoms with Gasteiger partial charge in [-0.3, -0.25) is 4.98 Å². The zero-order chi connectivity index (χ0) is 11.7. The number of aromatic nitrogens is 1. The Morgan fingerprint density at radius 2 is 2.19 bits per heavy atom. The molecule has 5 heteroatoms. The molecule has 0 radical (unpaired) electrons. The van der Waals surface area contributed by atoms with Crippen LogP contribution in [0.4, 0.5) is 4.39 Å². The van der Waals surface area contributed by atoms with E-state index in [0.717, 1.165) is 6.07 Å². The third kappa shape index (κ3) is 1.72. The smallest absolute Gasteiger partial charge is 0.336 e. The van der Waals surface area contributed by atoms with Gasteiger partial charge in [-0.1, -0.05) is 0 Å². The highest BCUT2D eigenvalue weighted by Gasteiger charge is 2.11. The van der Waals surface area contributed by atoms with Gasteiger partial charge in [0.1, 0.15) is 5.82 Å². The van der Waals surface area contributed by atoms with E-state index in [9.17, 15) is 9.18 Å². The summed E-state index contributed by atoms with van der Waals surface area (Å²) in [4.78, 5) is 15.1. The number of nitrogens with zero attached hydrogens (tertiary/aromatic N) is 1. The molecule has 0 fully saturated rings. The Labute approximate surface area is 90.5 Å². The highest BCUT2D eigenvalue weighted by Crippen LogP contribution is 2.19. The Morgan fingerprint density at radius 1 is 1.44 bits per heavy atom. The molecule has 0 aliphatic carbocycles. The van der Waals surface area contributed by atoms with E-state index >= 15 is 0 Å². The van der Waals surface area contributed by atoms with Crippen LogP contribution in [0.15, 0.2) is 24.3 Å². The Bertz CT molecular complexity index is 569. The number of hydrogen-bond acceptors (Lipinski definition) is 3.